The van der Waals surface area contributed by atoms with Gasteiger partial charge in [-0.15, -0.1) is 0 Å². The van der Waals surface area contributed by atoms with Gasteiger partial charge >= 0.3 is 0 Å². The number of aliphatic hydroxyl groups excluding tert-OH is 1. The maximum Gasteiger partial charge on any atom is 0.272 e. The number of nitro benzene ring substituents is 1. The lowest BCUT2D eigenvalue weighted by Crippen LogP contribution is -2.37. The number of nitrogens with zero attached hydrogens (tertiary/aromatic N) is 1. The van der Waals surface area contributed by atoms with Crippen molar-refractivity contribution < 1.29 is 23.2 Å². The first-order valence-electron chi connectivity index (χ1n) is 6.81. The van der Waals surface area contributed by atoms with Gasteiger partial charge in [-0.05, 0) is 12.5 Å². The van der Waals surface area contributed by atoms with Crippen LogP contribution in [0.4, 0.5) is 11.4 Å². The third-order valence-corrected chi connectivity index (χ3v) is 4.17. The lowest BCUT2D eigenvalue weighted by atomic mass is 10.2. The molecule has 1 atom stereocenters. The standard InChI is InChI=1S/C13H19N3O6S/c1-3-9(8-17)14-7-13(18)15-10-4-11(16(19)20)6-12(5-10)23(2,21)22/h4-6,9,14,17H,3,7-8H2,1-2H3,(H,15,18)/t9-/m1/s1. The molecule has 0 unspecified atom stereocenters. The smallest absolute Gasteiger partial charge is 0.272 e. The number of anilines is 1. The summed E-state index contributed by atoms with van der Waals surface area (Å²) >= 11 is 0. The minimum Gasteiger partial charge on any atom is -0.395 e. The van der Waals surface area contributed by atoms with Gasteiger partial charge in [0.05, 0.1) is 23.0 Å². The molecule has 1 aromatic rings. The molecule has 128 valence electrons. The number of carbonyl (C=O) groups is 1. The van der Waals surface area contributed by atoms with Gasteiger partial charge in [0, 0.05) is 30.1 Å². The fourth-order valence-corrected chi connectivity index (χ4v) is 2.43. The van der Waals surface area contributed by atoms with Crippen molar-refractivity contribution in [2.45, 2.75) is 24.3 Å². The molecule has 0 saturated heterocycles. The van der Waals surface area contributed by atoms with Gasteiger partial charge in [0.1, 0.15) is 0 Å². The second kappa shape index (κ2) is 7.99. The third kappa shape index (κ3) is 5.93. The Morgan fingerprint density at radius 1 is 1.39 bits per heavy atom. The third-order valence-electron chi connectivity index (χ3n) is 3.08. The molecule has 0 spiro atoms. The van der Waals surface area contributed by atoms with Gasteiger partial charge in [-0.1, -0.05) is 6.92 Å². The van der Waals surface area contributed by atoms with Crippen LogP contribution in [0.25, 0.3) is 0 Å². The highest BCUT2D eigenvalue weighted by atomic mass is 32.2. The Bertz CT molecular complexity index is 685. The molecule has 1 amide bonds. The highest BCUT2D eigenvalue weighted by molar-refractivity contribution is 7.90. The monoisotopic (exact) mass is 345 g/mol. The number of rotatable bonds is 8. The Morgan fingerprint density at radius 3 is 2.52 bits per heavy atom. The highest BCUT2D eigenvalue weighted by Crippen LogP contribution is 2.24. The lowest BCUT2D eigenvalue weighted by molar-refractivity contribution is -0.385. The van der Waals surface area contributed by atoms with E-state index >= 15 is 0 Å². The lowest BCUT2D eigenvalue weighted by Gasteiger charge is -2.13. The minimum atomic E-state index is -3.66. The predicted molar refractivity (Wildman–Crippen MR) is 84.0 cm³/mol. The number of amides is 1. The molecular formula is C13H19N3O6S. The van der Waals surface area contributed by atoms with Crippen molar-refractivity contribution in [3.8, 4) is 0 Å². The molecule has 23 heavy (non-hydrogen) atoms. The molecule has 0 aliphatic carbocycles. The van der Waals surface area contributed by atoms with Crippen molar-refractivity contribution >= 4 is 27.1 Å². The topological polar surface area (TPSA) is 139 Å². The number of nitro groups is 1. The Morgan fingerprint density at radius 2 is 2.04 bits per heavy atom. The SMILES string of the molecule is CC[C@H](CO)NCC(=O)Nc1cc([N+](=O)[O-])cc(S(C)(=O)=O)c1. The maximum absolute atomic E-state index is 11.8. The van der Waals surface area contributed by atoms with E-state index in [1.165, 1.54) is 0 Å². The first kappa shape index (κ1) is 19.0. The van der Waals surface area contributed by atoms with E-state index in [1.807, 2.05) is 6.92 Å². The largest absolute Gasteiger partial charge is 0.395 e. The first-order chi connectivity index (χ1) is 10.7. The van der Waals surface area contributed by atoms with Crippen molar-refractivity contribution in [1.29, 1.82) is 0 Å². The van der Waals surface area contributed by atoms with Crippen molar-refractivity contribution in [1.82, 2.24) is 5.32 Å². The van der Waals surface area contributed by atoms with Gasteiger partial charge in [0.2, 0.25) is 5.91 Å². The normalized spacial score (nSPS) is 12.7. The van der Waals surface area contributed by atoms with E-state index in [-0.39, 0.29) is 29.8 Å². The zero-order valence-corrected chi connectivity index (χ0v) is 13.6. The molecule has 0 aromatic heterocycles. The van der Waals surface area contributed by atoms with Gasteiger partial charge in [-0.2, -0.15) is 0 Å². The number of hydrogen-bond acceptors (Lipinski definition) is 7. The molecule has 9 nitrogen and oxygen atoms in total. The van der Waals surface area contributed by atoms with E-state index in [9.17, 15) is 23.3 Å². The van der Waals surface area contributed by atoms with Crippen LogP contribution < -0.4 is 10.6 Å². The van der Waals surface area contributed by atoms with Crippen molar-refractivity contribution in [2.75, 3.05) is 24.7 Å². The van der Waals surface area contributed by atoms with Gasteiger partial charge in [-0.3, -0.25) is 14.9 Å². The Balaban J connectivity index is 2.93. The Hall–Kier alpha value is -2.04. The van der Waals surface area contributed by atoms with Crippen molar-refractivity contribution in [2.24, 2.45) is 0 Å². The van der Waals surface area contributed by atoms with E-state index in [2.05, 4.69) is 10.6 Å². The number of benzene rings is 1. The van der Waals surface area contributed by atoms with Crippen molar-refractivity contribution in [3.63, 3.8) is 0 Å². The Labute approximate surface area is 133 Å². The Kier molecular flexibility index (Phi) is 6.61. The first-order valence-corrected chi connectivity index (χ1v) is 8.70. The number of sulfone groups is 1. The summed E-state index contributed by atoms with van der Waals surface area (Å²) in [6.45, 7) is 1.60. The second-order valence-corrected chi connectivity index (χ2v) is 6.98. The zero-order valence-electron chi connectivity index (χ0n) is 12.8. The van der Waals surface area contributed by atoms with E-state index in [0.29, 0.717) is 6.42 Å². The van der Waals surface area contributed by atoms with Crippen LogP contribution in [0, 0.1) is 10.1 Å². The summed E-state index contributed by atoms with van der Waals surface area (Å²) in [6, 6.07) is 2.93. The molecule has 0 aliphatic heterocycles. The minimum absolute atomic E-state index is 0.0171. The summed E-state index contributed by atoms with van der Waals surface area (Å²) in [4.78, 5) is 21.7. The van der Waals surface area contributed by atoms with Crippen LogP contribution in [0.15, 0.2) is 23.1 Å². The van der Waals surface area contributed by atoms with Gasteiger partial charge in [0.25, 0.3) is 5.69 Å². The number of aliphatic hydroxyl groups is 1. The summed E-state index contributed by atoms with van der Waals surface area (Å²) in [6.07, 6.45) is 1.55. The predicted octanol–water partition coefficient (Wildman–Crippen LogP) is 0.297. The van der Waals surface area contributed by atoms with Crippen LogP contribution >= 0.6 is 0 Å². The van der Waals surface area contributed by atoms with E-state index in [4.69, 9.17) is 5.11 Å². The van der Waals surface area contributed by atoms with E-state index < -0.39 is 26.4 Å². The van der Waals surface area contributed by atoms with Crippen LogP contribution in [0.1, 0.15) is 13.3 Å². The summed E-state index contributed by atoms with van der Waals surface area (Å²) in [5.41, 5.74) is -0.415. The van der Waals surface area contributed by atoms with Crippen LogP contribution in [-0.2, 0) is 14.6 Å². The van der Waals surface area contributed by atoms with Crippen LogP contribution in [-0.4, -0.2) is 49.8 Å². The molecule has 0 saturated carbocycles. The zero-order chi connectivity index (χ0) is 17.6. The fourth-order valence-electron chi connectivity index (χ4n) is 1.76. The molecule has 0 heterocycles. The summed E-state index contributed by atoms with van der Waals surface area (Å²) in [7, 11) is -3.66. The number of hydrogen-bond donors (Lipinski definition) is 3. The summed E-state index contributed by atoms with van der Waals surface area (Å²) < 4.78 is 23.1. The summed E-state index contributed by atoms with van der Waals surface area (Å²) in [5.74, 6) is -0.503. The number of non-ortho nitro benzene ring substituents is 1. The van der Waals surface area contributed by atoms with E-state index in [1.54, 1.807) is 0 Å². The molecule has 1 aromatic carbocycles. The molecule has 0 radical (unpaired) electrons. The molecule has 0 fully saturated rings. The molecule has 3 N–H and O–H groups in total. The van der Waals surface area contributed by atoms with Gasteiger partial charge < -0.3 is 15.7 Å². The molecule has 1 rings (SSSR count). The van der Waals surface area contributed by atoms with Gasteiger partial charge in [-0.25, -0.2) is 8.42 Å². The number of carbonyl (C=O) groups excluding carboxylic acids is 1. The fraction of sp³-hybridized carbons (Fsp3) is 0.462. The molecule has 0 bridgehead atoms. The van der Waals surface area contributed by atoms with Crippen LogP contribution in [0.5, 0.6) is 0 Å². The van der Waals surface area contributed by atoms with Crippen LogP contribution in [0.3, 0.4) is 0 Å². The summed E-state index contributed by atoms with van der Waals surface area (Å²) in [5, 5.41) is 25.1. The maximum atomic E-state index is 11.8. The average molecular weight is 345 g/mol. The number of nitrogens with one attached hydrogen (secondary N) is 2. The quantitative estimate of drug-likeness (QED) is 0.455. The highest BCUT2D eigenvalue weighted by Gasteiger charge is 2.17. The van der Waals surface area contributed by atoms with Gasteiger partial charge in [0.15, 0.2) is 9.84 Å². The van der Waals surface area contributed by atoms with Crippen LogP contribution in [0.2, 0.25) is 0 Å². The molecule has 0 aliphatic rings. The van der Waals surface area contributed by atoms with Crippen molar-refractivity contribution in [3.05, 3.63) is 28.3 Å². The molecular weight excluding hydrogens is 326 g/mol. The average Bonchev–Trinajstić information content (AvgIpc) is 2.47. The molecule has 10 heteroatoms. The van der Waals surface area contributed by atoms with E-state index in [0.717, 1.165) is 24.5 Å². The second-order valence-electron chi connectivity index (χ2n) is 4.96.